The van der Waals surface area contributed by atoms with Crippen LogP contribution in [0.4, 0.5) is 5.82 Å². The third kappa shape index (κ3) is 4.38. The SMILES string of the molecule is COc1nc(Sc2cc(CC#N)ccn2)cnc1N1CCN(C)CC1. The highest BCUT2D eigenvalue weighted by Crippen LogP contribution is 2.30. The molecule has 2 aromatic heterocycles. The van der Waals surface area contributed by atoms with Crippen LogP contribution < -0.4 is 9.64 Å². The number of nitriles is 1. The molecule has 0 spiro atoms. The van der Waals surface area contributed by atoms with E-state index in [-0.39, 0.29) is 0 Å². The third-order valence-electron chi connectivity index (χ3n) is 3.99. The summed E-state index contributed by atoms with van der Waals surface area (Å²) in [5.74, 6) is 1.31. The summed E-state index contributed by atoms with van der Waals surface area (Å²) in [6, 6.07) is 5.89. The minimum Gasteiger partial charge on any atom is -0.478 e. The van der Waals surface area contributed by atoms with Crippen LogP contribution in [-0.4, -0.2) is 60.2 Å². The Morgan fingerprint density at radius 2 is 2.04 bits per heavy atom. The van der Waals surface area contributed by atoms with Gasteiger partial charge in [-0.3, -0.25) is 0 Å². The smallest absolute Gasteiger partial charge is 0.258 e. The van der Waals surface area contributed by atoms with Crippen LogP contribution in [-0.2, 0) is 6.42 Å². The summed E-state index contributed by atoms with van der Waals surface area (Å²) in [6.07, 6.45) is 3.82. The van der Waals surface area contributed by atoms with E-state index < -0.39 is 0 Å². The van der Waals surface area contributed by atoms with Crippen molar-refractivity contribution in [3.63, 3.8) is 0 Å². The molecule has 0 unspecified atom stereocenters. The van der Waals surface area contributed by atoms with Crippen LogP contribution in [0.1, 0.15) is 5.56 Å². The topological polar surface area (TPSA) is 78.2 Å². The van der Waals surface area contributed by atoms with Gasteiger partial charge in [0.2, 0.25) is 0 Å². The molecule has 1 aliphatic heterocycles. The van der Waals surface area contributed by atoms with Crippen LogP contribution in [0.15, 0.2) is 34.6 Å². The highest BCUT2D eigenvalue weighted by atomic mass is 32.2. The minimum absolute atomic E-state index is 0.368. The van der Waals surface area contributed by atoms with Crippen molar-refractivity contribution in [3.8, 4) is 11.9 Å². The zero-order valence-electron chi connectivity index (χ0n) is 14.3. The first-order chi connectivity index (χ1) is 12.2. The van der Waals surface area contributed by atoms with Crippen LogP contribution >= 0.6 is 11.8 Å². The number of ether oxygens (including phenoxy) is 1. The van der Waals surface area contributed by atoms with Gasteiger partial charge < -0.3 is 14.5 Å². The normalized spacial score (nSPS) is 15.0. The number of piperazine rings is 1. The molecule has 1 fully saturated rings. The average Bonchev–Trinajstić information content (AvgIpc) is 2.63. The van der Waals surface area contributed by atoms with Gasteiger partial charge in [-0.2, -0.15) is 5.26 Å². The molecule has 0 atom stereocenters. The maximum absolute atomic E-state index is 8.82. The van der Waals surface area contributed by atoms with Crippen LogP contribution in [0.5, 0.6) is 5.88 Å². The van der Waals surface area contributed by atoms with Crippen molar-refractivity contribution in [1.82, 2.24) is 19.9 Å². The standard InChI is InChI=1S/C17H20N6OS/c1-22-7-9-23(10-8-22)16-17(24-2)21-15(12-20-16)25-14-11-13(3-5-18)4-6-19-14/h4,6,11-12H,3,7-10H2,1-2H3. The van der Waals surface area contributed by atoms with E-state index in [1.54, 1.807) is 19.5 Å². The molecule has 25 heavy (non-hydrogen) atoms. The molecule has 0 N–H and O–H groups in total. The first-order valence-corrected chi connectivity index (χ1v) is 8.85. The van der Waals surface area contributed by atoms with Gasteiger partial charge in [0.25, 0.3) is 5.88 Å². The van der Waals surface area contributed by atoms with Gasteiger partial charge in [0.05, 0.1) is 25.8 Å². The van der Waals surface area contributed by atoms with Crippen molar-refractivity contribution in [2.75, 3.05) is 45.2 Å². The van der Waals surface area contributed by atoms with E-state index in [4.69, 9.17) is 10.00 Å². The fourth-order valence-corrected chi connectivity index (χ4v) is 3.36. The summed E-state index contributed by atoms with van der Waals surface area (Å²) in [6.45, 7) is 3.81. The van der Waals surface area contributed by atoms with E-state index in [0.29, 0.717) is 12.3 Å². The zero-order valence-corrected chi connectivity index (χ0v) is 15.2. The van der Waals surface area contributed by atoms with E-state index >= 15 is 0 Å². The lowest BCUT2D eigenvalue weighted by molar-refractivity contribution is 0.309. The van der Waals surface area contributed by atoms with E-state index in [9.17, 15) is 0 Å². The summed E-state index contributed by atoms with van der Waals surface area (Å²) in [5.41, 5.74) is 0.939. The number of hydrogen-bond acceptors (Lipinski definition) is 8. The fraction of sp³-hybridized carbons (Fsp3) is 0.412. The Morgan fingerprint density at radius 1 is 1.24 bits per heavy atom. The number of anilines is 1. The lowest BCUT2D eigenvalue weighted by Gasteiger charge is -2.33. The van der Waals surface area contributed by atoms with Gasteiger partial charge in [-0.1, -0.05) is 0 Å². The number of pyridine rings is 1. The molecular weight excluding hydrogens is 336 g/mol. The molecule has 0 saturated carbocycles. The van der Waals surface area contributed by atoms with Crippen LogP contribution in [0, 0.1) is 11.3 Å². The molecule has 1 aliphatic rings. The number of hydrogen-bond donors (Lipinski definition) is 0. The highest BCUT2D eigenvalue weighted by Gasteiger charge is 2.20. The first kappa shape index (κ1) is 17.5. The fourth-order valence-electron chi connectivity index (χ4n) is 2.59. The van der Waals surface area contributed by atoms with Crippen LogP contribution in [0.2, 0.25) is 0 Å². The van der Waals surface area contributed by atoms with E-state index in [0.717, 1.165) is 47.6 Å². The van der Waals surface area contributed by atoms with Crippen molar-refractivity contribution in [3.05, 3.63) is 30.1 Å². The van der Waals surface area contributed by atoms with Crippen molar-refractivity contribution in [1.29, 1.82) is 5.26 Å². The lowest BCUT2D eigenvalue weighted by atomic mass is 10.2. The Morgan fingerprint density at radius 3 is 2.76 bits per heavy atom. The molecule has 3 rings (SSSR count). The van der Waals surface area contributed by atoms with E-state index in [2.05, 4.69) is 37.9 Å². The molecule has 0 radical (unpaired) electrons. The van der Waals surface area contributed by atoms with Gasteiger partial charge in [0, 0.05) is 32.4 Å². The molecule has 0 aromatic carbocycles. The largest absolute Gasteiger partial charge is 0.478 e. The summed E-state index contributed by atoms with van der Waals surface area (Å²) in [5, 5.41) is 10.3. The Kier molecular flexibility index (Phi) is 5.68. The summed E-state index contributed by atoms with van der Waals surface area (Å²) in [7, 11) is 3.73. The Labute approximate surface area is 151 Å². The molecule has 0 bridgehead atoms. The number of aromatic nitrogens is 3. The minimum atomic E-state index is 0.368. The zero-order chi connectivity index (χ0) is 17.6. The third-order valence-corrected chi connectivity index (χ3v) is 4.83. The number of likely N-dealkylation sites (N-methyl/N-ethyl adjacent to an activating group) is 1. The molecule has 130 valence electrons. The molecular formula is C17H20N6OS. The maximum atomic E-state index is 8.82. The Hall–Kier alpha value is -2.37. The van der Waals surface area contributed by atoms with Gasteiger partial charge in [-0.15, -0.1) is 0 Å². The van der Waals surface area contributed by atoms with Gasteiger partial charge in [-0.25, -0.2) is 15.0 Å². The summed E-state index contributed by atoms with van der Waals surface area (Å²) >= 11 is 1.41. The second kappa shape index (κ2) is 8.14. The predicted molar refractivity (Wildman–Crippen MR) is 96.0 cm³/mol. The monoisotopic (exact) mass is 356 g/mol. The summed E-state index contributed by atoms with van der Waals surface area (Å²) < 4.78 is 5.46. The van der Waals surface area contributed by atoms with Gasteiger partial charge in [-0.05, 0) is 36.5 Å². The second-order valence-corrected chi connectivity index (χ2v) is 6.81. The number of nitrogens with zero attached hydrogens (tertiary/aromatic N) is 6. The van der Waals surface area contributed by atoms with Crippen molar-refractivity contribution in [2.45, 2.75) is 16.5 Å². The maximum Gasteiger partial charge on any atom is 0.258 e. The molecule has 0 amide bonds. The molecule has 3 heterocycles. The first-order valence-electron chi connectivity index (χ1n) is 8.04. The van der Waals surface area contributed by atoms with Gasteiger partial charge in [0.1, 0.15) is 10.1 Å². The van der Waals surface area contributed by atoms with E-state index in [1.807, 2.05) is 12.1 Å². The number of rotatable bonds is 5. The Balaban J connectivity index is 1.77. The van der Waals surface area contributed by atoms with Gasteiger partial charge >= 0.3 is 0 Å². The quantitative estimate of drug-likeness (QED) is 0.803. The van der Waals surface area contributed by atoms with Crippen molar-refractivity contribution < 1.29 is 4.74 Å². The van der Waals surface area contributed by atoms with Crippen molar-refractivity contribution >= 4 is 17.6 Å². The van der Waals surface area contributed by atoms with Crippen molar-refractivity contribution in [2.24, 2.45) is 0 Å². The molecule has 7 nitrogen and oxygen atoms in total. The predicted octanol–water partition coefficient (Wildman–Crippen LogP) is 1.85. The highest BCUT2D eigenvalue weighted by molar-refractivity contribution is 7.99. The Bertz CT molecular complexity index is 770. The summed E-state index contributed by atoms with van der Waals surface area (Å²) in [4.78, 5) is 18.0. The van der Waals surface area contributed by atoms with Gasteiger partial charge in [0.15, 0.2) is 5.82 Å². The average molecular weight is 356 g/mol. The van der Waals surface area contributed by atoms with Crippen LogP contribution in [0.25, 0.3) is 0 Å². The molecule has 0 aliphatic carbocycles. The number of methoxy groups -OCH3 is 1. The molecule has 1 saturated heterocycles. The van der Waals surface area contributed by atoms with E-state index in [1.165, 1.54) is 11.8 Å². The lowest BCUT2D eigenvalue weighted by Crippen LogP contribution is -2.45. The second-order valence-electron chi connectivity index (χ2n) is 5.77. The molecule has 2 aromatic rings. The van der Waals surface area contributed by atoms with Crippen LogP contribution in [0.3, 0.4) is 0 Å². The molecule has 8 heteroatoms.